The maximum Gasteiger partial charge on any atom is 0.407 e. The van der Waals surface area contributed by atoms with Crippen molar-refractivity contribution in [3.05, 3.63) is 71.5 Å². The second-order valence-electron chi connectivity index (χ2n) is 5.34. The molecule has 0 fully saturated rings. The molecule has 0 aliphatic heterocycles. The van der Waals surface area contributed by atoms with Crippen LogP contribution in [0.4, 0.5) is 9.18 Å². The molecule has 128 valence electrons. The summed E-state index contributed by atoms with van der Waals surface area (Å²) in [6, 6.07) is 14.6. The predicted octanol–water partition coefficient (Wildman–Crippen LogP) is 2.54. The molecule has 2 atom stereocenters. The molecule has 0 aromatic heterocycles. The SMILES string of the molecule is O=C(NCCC(O)C(O)c1cccc(F)c1)OCc1ccccc1. The fourth-order valence-electron chi connectivity index (χ4n) is 2.17. The standard InChI is InChI=1S/C18H20FNO4/c19-15-8-4-7-14(11-15)17(22)16(21)9-10-20-18(23)24-12-13-5-2-1-3-6-13/h1-8,11,16-17,21-22H,9-10,12H2,(H,20,23). The van der Waals surface area contributed by atoms with Crippen molar-refractivity contribution in [2.75, 3.05) is 6.54 Å². The Morgan fingerprint density at radius 1 is 1.12 bits per heavy atom. The molecule has 0 aliphatic rings. The highest BCUT2D eigenvalue weighted by molar-refractivity contribution is 5.67. The highest BCUT2D eigenvalue weighted by Crippen LogP contribution is 2.19. The van der Waals surface area contributed by atoms with Gasteiger partial charge >= 0.3 is 6.09 Å². The molecule has 1 amide bonds. The number of hydrogen-bond donors (Lipinski definition) is 3. The first-order chi connectivity index (χ1) is 11.6. The Bertz CT molecular complexity index is 650. The Morgan fingerprint density at radius 3 is 2.58 bits per heavy atom. The normalized spacial score (nSPS) is 13.1. The van der Waals surface area contributed by atoms with E-state index < -0.39 is 24.1 Å². The Morgan fingerprint density at radius 2 is 1.88 bits per heavy atom. The number of nitrogens with one attached hydrogen (secondary N) is 1. The lowest BCUT2D eigenvalue weighted by Gasteiger charge is -2.18. The van der Waals surface area contributed by atoms with E-state index in [0.717, 1.165) is 11.6 Å². The van der Waals surface area contributed by atoms with E-state index >= 15 is 0 Å². The van der Waals surface area contributed by atoms with Gasteiger partial charge < -0.3 is 20.3 Å². The number of alkyl carbamates (subject to hydrolysis) is 1. The number of benzene rings is 2. The van der Waals surface area contributed by atoms with Crippen LogP contribution >= 0.6 is 0 Å². The van der Waals surface area contributed by atoms with E-state index in [9.17, 15) is 19.4 Å². The number of amides is 1. The molecule has 5 nitrogen and oxygen atoms in total. The minimum Gasteiger partial charge on any atom is -0.445 e. The predicted molar refractivity (Wildman–Crippen MR) is 86.6 cm³/mol. The van der Waals surface area contributed by atoms with Crippen LogP contribution in [0.25, 0.3) is 0 Å². The molecule has 0 saturated carbocycles. The molecule has 3 N–H and O–H groups in total. The lowest BCUT2D eigenvalue weighted by atomic mass is 10.0. The number of aliphatic hydroxyl groups excluding tert-OH is 2. The zero-order valence-corrected chi connectivity index (χ0v) is 13.1. The first kappa shape index (κ1) is 17.9. The second kappa shape index (κ2) is 9.00. The summed E-state index contributed by atoms with van der Waals surface area (Å²) >= 11 is 0. The zero-order chi connectivity index (χ0) is 17.4. The van der Waals surface area contributed by atoms with Gasteiger partial charge in [-0.1, -0.05) is 42.5 Å². The summed E-state index contributed by atoms with van der Waals surface area (Å²) in [6.07, 6.45) is -2.84. The van der Waals surface area contributed by atoms with Crippen LogP contribution in [0.3, 0.4) is 0 Å². The van der Waals surface area contributed by atoms with Crippen molar-refractivity contribution in [3.8, 4) is 0 Å². The lowest BCUT2D eigenvalue weighted by Crippen LogP contribution is -2.29. The number of aliphatic hydroxyl groups is 2. The molecule has 6 heteroatoms. The number of carbonyl (C=O) groups is 1. The molecule has 24 heavy (non-hydrogen) atoms. The molecule has 0 bridgehead atoms. The number of carbonyl (C=O) groups excluding carboxylic acids is 1. The zero-order valence-electron chi connectivity index (χ0n) is 13.1. The Kier molecular flexibility index (Phi) is 6.72. The van der Waals surface area contributed by atoms with Crippen molar-refractivity contribution in [2.45, 2.75) is 25.2 Å². The molecule has 0 saturated heterocycles. The van der Waals surface area contributed by atoms with E-state index in [1.165, 1.54) is 18.2 Å². The number of halogens is 1. The highest BCUT2D eigenvalue weighted by atomic mass is 19.1. The molecule has 2 rings (SSSR count). The first-order valence-corrected chi connectivity index (χ1v) is 7.62. The molecular formula is C18H20FNO4. The van der Waals surface area contributed by atoms with Crippen LogP contribution < -0.4 is 5.32 Å². The van der Waals surface area contributed by atoms with E-state index in [0.29, 0.717) is 0 Å². The molecule has 0 heterocycles. The molecule has 2 aromatic rings. The van der Waals surface area contributed by atoms with Crippen molar-refractivity contribution in [3.63, 3.8) is 0 Å². The van der Waals surface area contributed by atoms with Gasteiger partial charge in [0.05, 0.1) is 6.10 Å². The quantitative estimate of drug-likeness (QED) is 0.727. The summed E-state index contributed by atoms with van der Waals surface area (Å²) in [7, 11) is 0. The van der Waals surface area contributed by atoms with Crippen molar-refractivity contribution >= 4 is 6.09 Å². The molecule has 2 aromatic carbocycles. The van der Waals surface area contributed by atoms with Gasteiger partial charge in [-0.15, -0.1) is 0 Å². The minimum atomic E-state index is -1.22. The Labute approximate surface area is 139 Å². The van der Waals surface area contributed by atoms with Crippen molar-refractivity contribution < 1.29 is 24.1 Å². The lowest BCUT2D eigenvalue weighted by molar-refractivity contribution is 0.0135. The molecular weight excluding hydrogens is 313 g/mol. The average molecular weight is 333 g/mol. The summed E-state index contributed by atoms with van der Waals surface area (Å²) in [5.74, 6) is -0.485. The fraction of sp³-hybridized carbons (Fsp3) is 0.278. The van der Waals surface area contributed by atoms with E-state index in [-0.39, 0.29) is 25.1 Å². The Balaban J connectivity index is 1.70. The largest absolute Gasteiger partial charge is 0.445 e. The van der Waals surface area contributed by atoms with Crippen molar-refractivity contribution in [2.24, 2.45) is 0 Å². The van der Waals surface area contributed by atoms with Crippen molar-refractivity contribution in [1.29, 1.82) is 0 Å². The third kappa shape index (κ3) is 5.64. The van der Waals surface area contributed by atoms with Crippen LogP contribution in [0.5, 0.6) is 0 Å². The van der Waals surface area contributed by atoms with Crippen molar-refractivity contribution in [1.82, 2.24) is 5.32 Å². The molecule has 2 unspecified atom stereocenters. The maximum absolute atomic E-state index is 13.1. The monoisotopic (exact) mass is 333 g/mol. The molecule has 0 spiro atoms. The third-order valence-corrected chi connectivity index (χ3v) is 3.48. The fourth-order valence-corrected chi connectivity index (χ4v) is 2.17. The second-order valence-corrected chi connectivity index (χ2v) is 5.34. The minimum absolute atomic E-state index is 0.109. The van der Waals surface area contributed by atoms with E-state index in [2.05, 4.69) is 5.32 Å². The van der Waals surface area contributed by atoms with Gasteiger partial charge in [-0.2, -0.15) is 0 Å². The summed E-state index contributed by atoms with van der Waals surface area (Å²) in [5, 5.41) is 22.4. The van der Waals surface area contributed by atoms with Crippen LogP contribution in [0.2, 0.25) is 0 Å². The van der Waals surface area contributed by atoms with Gasteiger partial charge in [0.15, 0.2) is 0 Å². The van der Waals surface area contributed by atoms with E-state index in [1.54, 1.807) is 0 Å². The maximum atomic E-state index is 13.1. The topological polar surface area (TPSA) is 78.8 Å². The van der Waals surface area contributed by atoms with Gasteiger partial charge in [-0.3, -0.25) is 0 Å². The summed E-state index contributed by atoms with van der Waals surface area (Å²) in [5.41, 5.74) is 1.16. The van der Waals surface area contributed by atoms with Crippen LogP contribution in [-0.4, -0.2) is 29.0 Å². The summed E-state index contributed by atoms with van der Waals surface area (Å²) < 4.78 is 18.1. The Hall–Kier alpha value is -2.44. The number of rotatable bonds is 7. The highest BCUT2D eigenvalue weighted by Gasteiger charge is 2.18. The van der Waals surface area contributed by atoms with Gasteiger partial charge in [0.1, 0.15) is 18.5 Å². The van der Waals surface area contributed by atoms with Crippen LogP contribution in [-0.2, 0) is 11.3 Å². The van der Waals surface area contributed by atoms with Gasteiger partial charge in [-0.25, -0.2) is 9.18 Å². The van der Waals surface area contributed by atoms with Crippen LogP contribution in [0.1, 0.15) is 23.7 Å². The molecule has 0 radical (unpaired) electrons. The smallest absolute Gasteiger partial charge is 0.407 e. The van der Waals surface area contributed by atoms with Gasteiger partial charge in [0.2, 0.25) is 0 Å². The first-order valence-electron chi connectivity index (χ1n) is 7.62. The number of hydrogen-bond acceptors (Lipinski definition) is 4. The third-order valence-electron chi connectivity index (χ3n) is 3.48. The van der Waals surface area contributed by atoms with Gasteiger partial charge in [-0.05, 0) is 29.7 Å². The molecule has 0 aliphatic carbocycles. The number of ether oxygens (including phenoxy) is 1. The summed E-state index contributed by atoms with van der Waals surface area (Å²) in [6.45, 7) is 0.280. The van der Waals surface area contributed by atoms with Crippen LogP contribution in [0.15, 0.2) is 54.6 Å². The van der Waals surface area contributed by atoms with Crippen LogP contribution in [0, 0.1) is 5.82 Å². The van der Waals surface area contributed by atoms with E-state index in [1.807, 2.05) is 30.3 Å². The summed E-state index contributed by atoms with van der Waals surface area (Å²) in [4.78, 5) is 11.6. The average Bonchev–Trinajstić information content (AvgIpc) is 2.60. The van der Waals surface area contributed by atoms with Gasteiger partial charge in [0.25, 0.3) is 0 Å². The van der Waals surface area contributed by atoms with Gasteiger partial charge in [0, 0.05) is 6.54 Å². The van der Waals surface area contributed by atoms with E-state index in [4.69, 9.17) is 4.74 Å².